The van der Waals surface area contributed by atoms with E-state index in [-0.39, 0.29) is 61.1 Å². The van der Waals surface area contributed by atoms with Crippen molar-refractivity contribution in [2.24, 2.45) is 34.5 Å². The number of hydrogen-bond donors (Lipinski definition) is 6. The fraction of sp³-hybridized carbons (Fsp3) is 0.927. The van der Waals surface area contributed by atoms with E-state index in [2.05, 4.69) is 6.92 Å². The first-order chi connectivity index (χ1) is 26.0. The minimum atomic E-state index is -1.01. The third-order valence-electron chi connectivity index (χ3n) is 16.0. The average Bonchev–Trinajstić information content (AvgIpc) is 3.67. The molecule has 21 atom stereocenters. The van der Waals surface area contributed by atoms with Crippen LogP contribution in [-0.4, -0.2) is 135 Å². The fourth-order valence-electron chi connectivity index (χ4n) is 12.8. The highest BCUT2D eigenvalue weighted by Gasteiger charge is 2.71. The van der Waals surface area contributed by atoms with Gasteiger partial charge in [0.15, 0.2) is 18.9 Å². The van der Waals surface area contributed by atoms with Gasteiger partial charge in [0, 0.05) is 30.8 Å². The third-order valence-corrected chi connectivity index (χ3v) is 16.0. The number of rotatable bonds is 7. The van der Waals surface area contributed by atoms with Gasteiger partial charge in [0.25, 0.3) is 0 Å². The Balaban J connectivity index is 0.837. The molecule has 4 saturated carbocycles. The summed E-state index contributed by atoms with van der Waals surface area (Å²) in [5.41, 5.74) is -0.892. The Morgan fingerprint density at radius 3 is 1.87 bits per heavy atom. The van der Waals surface area contributed by atoms with E-state index in [0.29, 0.717) is 18.8 Å². The molecule has 55 heavy (non-hydrogen) atoms. The monoisotopic (exact) mass is 780 g/mol. The molecule has 6 N–H and O–H groups in total. The van der Waals surface area contributed by atoms with Crippen LogP contribution >= 0.6 is 0 Å². The summed E-state index contributed by atoms with van der Waals surface area (Å²) in [5.74, 6) is 0.204. The first-order valence-corrected chi connectivity index (χ1v) is 20.9. The summed E-state index contributed by atoms with van der Waals surface area (Å²) in [4.78, 5) is 11.9. The molecule has 14 heteroatoms. The minimum absolute atomic E-state index is 0.0452. The van der Waals surface area contributed by atoms with E-state index >= 15 is 0 Å². The minimum Gasteiger partial charge on any atom is -0.458 e. The maximum atomic E-state index is 12.6. The van der Waals surface area contributed by atoms with Crippen LogP contribution in [0.1, 0.15) is 105 Å². The van der Waals surface area contributed by atoms with Crippen molar-refractivity contribution in [1.82, 2.24) is 0 Å². The molecule has 10 unspecified atom stereocenters. The van der Waals surface area contributed by atoms with Crippen LogP contribution in [0.2, 0.25) is 0 Å². The molecule has 0 amide bonds. The zero-order valence-electron chi connectivity index (χ0n) is 32.9. The number of cyclic esters (lactones) is 1. The van der Waals surface area contributed by atoms with Crippen molar-refractivity contribution in [3.63, 3.8) is 0 Å². The number of aliphatic hydroxyl groups is 6. The Bertz CT molecular complexity index is 1410. The predicted molar refractivity (Wildman–Crippen MR) is 193 cm³/mol. The molecular formula is C41H64O14. The van der Waals surface area contributed by atoms with E-state index in [0.717, 1.165) is 44.1 Å². The Morgan fingerprint density at radius 1 is 0.691 bits per heavy atom. The fourth-order valence-corrected chi connectivity index (χ4v) is 12.8. The quantitative estimate of drug-likeness (QED) is 0.162. The Morgan fingerprint density at radius 2 is 1.29 bits per heavy atom. The van der Waals surface area contributed by atoms with Gasteiger partial charge in [-0.25, -0.2) is 4.79 Å². The van der Waals surface area contributed by atoms with Gasteiger partial charge in [-0.05, 0) is 107 Å². The number of esters is 1. The van der Waals surface area contributed by atoms with Crippen LogP contribution in [0, 0.1) is 34.5 Å². The summed E-state index contributed by atoms with van der Waals surface area (Å²) < 4.78 is 42.1. The van der Waals surface area contributed by atoms with Crippen molar-refractivity contribution in [2.45, 2.75) is 197 Å². The highest BCUT2D eigenvalue weighted by atomic mass is 16.7. The van der Waals surface area contributed by atoms with E-state index in [1.54, 1.807) is 19.9 Å². The maximum Gasteiger partial charge on any atom is 0.331 e. The van der Waals surface area contributed by atoms with Gasteiger partial charge >= 0.3 is 5.97 Å². The standard InChI is InChI=1S/C41H64O14/c1-19-36(47)28(42)15-34(50-19)54-38-21(3)52-35(17-30(38)44)55-37-20(2)51-33(16-29(37)43)53-24-8-10-39(4)23(13-24)6-7-26-27(39)14-31(45)40(5)25(9-11-41(26,40)48)22-12-32(46)49-18-22/h12,19-21,23-31,33-38,42-45,47-48H,6-11,13-18H2,1-5H3/t19-,20-,21-,23?,24?,25-,26?,27+,28+,29+,30?,31?,33+,34?,35?,36-,37?,38?,39+,40+,41?/m1/s1. The summed E-state index contributed by atoms with van der Waals surface area (Å²) in [6.07, 6.45) is -1.51. The maximum absolute atomic E-state index is 12.6. The van der Waals surface area contributed by atoms with Gasteiger partial charge in [-0.2, -0.15) is 0 Å². The molecule has 0 radical (unpaired) electrons. The van der Waals surface area contributed by atoms with Gasteiger partial charge < -0.3 is 63.8 Å². The number of hydrogen-bond acceptors (Lipinski definition) is 14. The third kappa shape index (κ3) is 6.95. The second-order valence-electron chi connectivity index (χ2n) is 18.8. The van der Waals surface area contributed by atoms with Crippen LogP contribution in [0.3, 0.4) is 0 Å². The van der Waals surface area contributed by atoms with Crippen molar-refractivity contribution < 1.29 is 68.6 Å². The molecule has 4 aliphatic carbocycles. The lowest BCUT2D eigenvalue weighted by Gasteiger charge is -2.65. The largest absolute Gasteiger partial charge is 0.458 e. The second kappa shape index (κ2) is 15.1. The summed E-state index contributed by atoms with van der Waals surface area (Å²) in [7, 11) is 0. The molecule has 4 aliphatic heterocycles. The predicted octanol–water partition coefficient (Wildman–Crippen LogP) is 2.22. The Labute approximate surface area is 323 Å². The number of carbonyl (C=O) groups excluding carboxylic acids is 1. The molecule has 8 rings (SSSR count). The van der Waals surface area contributed by atoms with Gasteiger partial charge in [-0.1, -0.05) is 13.8 Å². The topological polar surface area (TPSA) is 203 Å². The van der Waals surface area contributed by atoms with Crippen LogP contribution in [0.5, 0.6) is 0 Å². The summed E-state index contributed by atoms with van der Waals surface area (Å²) in [6.45, 7) is 9.90. The van der Waals surface area contributed by atoms with E-state index < -0.39 is 90.9 Å². The molecule has 0 spiro atoms. The van der Waals surface area contributed by atoms with E-state index in [1.165, 1.54) is 0 Å². The van der Waals surface area contributed by atoms with Crippen molar-refractivity contribution in [3.05, 3.63) is 11.6 Å². The smallest absolute Gasteiger partial charge is 0.331 e. The molecule has 312 valence electrons. The molecule has 7 fully saturated rings. The molecule has 4 heterocycles. The number of fused-ring (bicyclic) bond motifs is 5. The Hall–Kier alpha value is -1.27. The molecule has 0 aromatic carbocycles. The summed E-state index contributed by atoms with van der Waals surface area (Å²) >= 11 is 0. The van der Waals surface area contributed by atoms with Crippen molar-refractivity contribution in [3.8, 4) is 0 Å². The number of aliphatic hydroxyl groups excluding tert-OH is 5. The van der Waals surface area contributed by atoms with Gasteiger partial charge in [-0.3, -0.25) is 0 Å². The van der Waals surface area contributed by atoms with Gasteiger partial charge in [-0.15, -0.1) is 0 Å². The van der Waals surface area contributed by atoms with Gasteiger partial charge in [0.05, 0.1) is 54.4 Å². The van der Waals surface area contributed by atoms with E-state index in [4.69, 9.17) is 33.2 Å². The van der Waals surface area contributed by atoms with Gasteiger partial charge in [0.1, 0.15) is 24.9 Å². The summed E-state index contributed by atoms with van der Waals surface area (Å²) in [6, 6.07) is 0. The van der Waals surface area contributed by atoms with Crippen LogP contribution in [0.4, 0.5) is 0 Å². The lowest BCUT2D eigenvalue weighted by atomic mass is 9.42. The molecule has 8 aliphatic rings. The lowest BCUT2D eigenvalue weighted by molar-refractivity contribution is -0.336. The first-order valence-electron chi connectivity index (χ1n) is 20.9. The van der Waals surface area contributed by atoms with Crippen LogP contribution in [-0.2, 0) is 38.0 Å². The lowest BCUT2D eigenvalue weighted by Crippen LogP contribution is -2.67. The molecular weight excluding hydrogens is 716 g/mol. The molecule has 3 saturated heterocycles. The van der Waals surface area contributed by atoms with Crippen molar-refractivity contribution >= 4 is 5.97 Å². The van der Waals surface area contributed by atoms with Crippen molar-refractivity contribution in [2.75, 3.05) is 6.61 Å². The van der Waals surface area contributed by atoms with E-state index in [9.17, 15) is 35.4 Å². The molecule has 0 aromatic rings. The van der Waals surface area contributed by atoms with Crippen LogP contribution < -0.4 is 0 Å². The SMILES string of the molecule is C[C@H]1OC(OC2[C@@H](O)C[C@H](OC3CC[C@@]4(C)C(CCC5[C@@H]4CC(O)[C@]4(C)[C@@H](C6=CC(=O)OC6)CCC54O)C3)O[C@@H]2C)CC(O)C1OC1C[C@H](O)[C@H](O)[C@@H](C)O1. The zero-order chi connectivity index (χ0) is 39.2. The molecule has 0 bridgehead atoms. The normalized spacial score (nSPS) is 55.5. The van der Waals surface area contributed by atoms with Crippen LogP contribution in [0.25, 0.3) is 0 Å². The highest BCUT2D eigenvalue weighted by Crippen LogP contribution is 2.70. The molecule has 14 nitrogen and oxygen atoms in total. The first kappa shape index (κ1) is 40.5. The second-order valence-corrected chi connectivity index (χ2v) is 18.8. The number of ether oxygens (including phenoxy) is 7. The highest BCUT2D eigenvalue weighted by molar-refractivity contribution is 5.85. The van der Waals surface area contributed by atoms with Gasteiger partial charge in [0.2, 0.25) is 0 Å². The average molecular weight is 781 g/mol. The van der Waals surface area contributed by atoms with E-state index in [1.807, 2.05) is 13.8 Å². The number of carbonyl (C=O) groups is 1. The molecule has 0 aromatic heterocycles. The van der Waals surface area contributed by atoms with Crippen molar-refractivity contribution in [1.29, 1.82) is 0 Å². The Kier molecular flexibility index (Phi) is 11.1. The zero-order valence-corrected chi connectivity index (χ0v) is 32.9. The van der Waals surface area contributed by atoms with Crippen LogP contribution in [0.15, 0.2) is 11.6 Å². The summed E-state index contributed by atoms with van der Waals surface area (Å²) in [5, 5.41) is 66.9.